The Balaban J connectivity index is 1.19. The number of anilines is 3. The van der Waals surface area contributed by atoms with Crippen LogP contribution in [0.2, 0.25) is 0 Å². The highest BCUT2D eigenvalue weighted by Gasteiger charge is 2.17. The highest BCUT2D eigenvalue weighted by molar-refractivity contribution is 6.19. The van der Waals surface area contributed by atoms with Crippen molar-refractivity contribution in [2.24, 2.45) is 0 Å². The van der Waals surface area contributed by atoms with E-state index in [1.165, 1.54) is 0 Å². The molecule has 0 bridgehead atoms. The SMILES string of the molecule is [2H]c1c([2H])c([2H])c(-c2c([2H])c([2H])c(-c3c([2H])c([2H])c(N(c4ccc(-c5cccc6oc7c8ccccc8ccc7c56)cc4)c4c([2H])c([2H])c(-c5ccccc5)c([2H])c4[2H])c([2H])c3[2H])c([2H])c2[2H])c([2H])c1[2H]. The summed E-state index contributed by atoms with van der Waals surface area (Å²) >= 11 is 0. The molecule has 254 valence electrons. The summed E-state index contributed by atoms with van der Waals surface area (Å²) in [4.78, 5) is 1.11. The first-order chi connectivity index (χ1) is 33.9. The van der Waals surface area contributed by atoms with Gasteiger partial charge in [-0.25, -0.2) is 0 Å². The molecule has 10 aromatic rings. The Labute approximate surface area is 338 Å². The van der Waals surface area contributed by atoms with Crippen LogP contribution in [0.4, 0.5) is 17.1 Å². The molecule has 2 heteroatoms. The van der Waals surface area contributed by atoms with Gasteiger partial charge in [0.05, 0.1) is 23.3 Å². The Kier molecular flexibility index (Phi) is 4.61. The zero-order valence-electron chi connectivity index (χ0n) is 45.2. The minimum absolute atomic E-state index is 0.0156. The highest BCUT2D eigenvalue weighted by Crippen LogP contribution is 2.42. The second kappa shape index (κ2) is 13.4. The fraction of sp³-hybridized carbons (Fsp3) is 0. The maximum atomic E-state index is 9.52. The quantitative estimate of drug-likeness (QED) is 0.164. The van der Waals surface area contributed by atoms with E-state index in [0.29, 0.717) is 22.3 Å². The van der Waals surface area contributed by atoms with Gasteiger partial charge in [-0.2, -0.15) is 0 Å². The van der Waals surface area contributed by atoms with E-state index < -0.39 is 136 Å². The molecule has 0 saturated heterocycles. The van der Waals surface area contributed by atoms with Crippen molar-refractivity contribution in [1.29, 1.82) is 0 Å². The Hall–Kier alpha value is -7.16. The van der Waals surface area contributed by atoms with Gasteiger partial charge in [0, 0.05) is 33.2 Å². The molecule has 0 unspecified atom stereocenters. The first kappa shape index (κ1) is 18.6. The standard InChI is InChI=1S/C52H35NO/c1-3-10-36(11-4-1)38-18-20-39(21-19-38)41-24-31-45(32-25-41)53(44-29-22-40(23-30-44)37-12-5-2-6-13-37)46-33-26-43(27-34-46)47-16-9-17-50-51(47)49-35-28-42-14-7-8-15-48(42)52(49)54-50/h1-35H/i1D,3D,4D,10D,11D,18D,19D,20D,21D,22D,23D,24D,25D,29D,30D,31D,32D. The van der Waals surface area contributed by atoms with Crippen molar-refractivity contribution >= 4 is 49.8 Å². The van der Waals surface area contributed by atoms with Gasteiger partial charge in [0.15, 0.2) is 0 Å². The maximum Gasteiger partial charge on any atom is 0.143 e. The molecule has 54 heavy (non-hydrogen) atoms. The number of hydrogen-bond donors (Lipinski definition) is 0. The number of fused-ring (bicyclic) bond motifs is 5. The van der Waals surface area contributed by atoms with Crippen LogP contribution in [0.1, 0.15) is 23.3 Å². The van der Waals surface area contributed by atoms with Crippen LogP contribution >= 0.6 is 0 Å². The van der Waals surface area contributed by atoms with Gasteiger partial charge in [0.1, 0.15) is 11.2 Å². The lowest BCUT2D eigenvalue weighted by Gasteiger charge is -2.26. The Morgan fingerprint density at radius 1 is 0.370 bits per heavy atom. The van der Waals surface area contributed by atoms with Crippen molar-refractivity contribution in [3.63, 3.8) is 0 Å². The van der Waals surface area contributed by atoms with E-state index >= 15 is 0 Å². The summed E-state index contributed by atoms with van der Waals surface area (Å²) in [6.45, 7) is 0. The topological polar surface area (TPSA) is 16.4 Å². The maximum absolute atomic E-state index is 9.52. The lowest BCUT2D eigenvalue weighted by atomic mass is 9.97. The molecule has 0 aliphatic heterocycles. The molecule has 0 N–H and O–H groups in total. The summed E-state index contributed by atoms with van der Waals surface area (Å²) in [7, 11) is 0. The average Bonchev–Trinajstić information content (AvgIpc) is 3.77. The first-order valence-corrected chi connectivity index (χ1v) is 17.0. The molecule has 0 spiro atoms. The normalized spacial score (nSPS) is 15.7. The molecule has 0 saturated carbocycles. The third-order valence-electron chi connectivity index (χ3n) is 9.18. The summed E-state index contributed by atoms with van der Waals surface area (Å²) in [6.07, 6.45) is 0. The molecule has 9 aromatic carbocycles. The molecule has 1 aromatic heterocycles. The number of hydrogen-bond acceptors (Lipinski definition) is 2. The van der Waals surface area contributed by atoms with E-state index in [-0.39, 0.29) is 11.3 Å². The third kappa shape index (κ3) is 5.71. The second-order valence-corrected chi connectivity index (χ2v) is 12.4. The fourth-order valence-corrected chi connectivity index (χ4v) is 6.60. The van der Waals surface area contributed by atoms with Crippen molar-refractivity contribution in [2.75, 3.05) is 4.90 Å². The zero-order valence-corrected chi connectivity index (χ0v) is 28.2. The largest absolute Gasteiger partial charge is 0.455 e. The van der Waals surface area contributed by atoms with Crippen molar-refractivity contribution in [1.82, 2.24) is 0 Å². The number of rotatable bonds is 7. The van der Waals surface area contributed by atoms with Gasteiger partial charge in [-0.1, -0.05) is 163 Å². The van der Waals surface area contributed by atoms with Crippen molar-refractivity contribution < 1.29 is 27.7 Å². The monoisotopic (exact) mass is 706 g/mol. The van der Waals surface area contributed by atoms with Crippen LogP contribution in [0.5, 0.6) is 0 Å². The number of furan rings is 1. The van der Waals surface area contributed by atoms with Crippen LogP contribution in [0.3, 0.4) is 0 Å². The second-order valence-electron chi connectivity index (χ2n) is 12.4. The molecule has 10 rings (SSSR count). The Morgan fingerprint density at radius 3 is 1.61 bits per heavy atom. The molecule has 2 nitrogen and oxygen atoms in total. The minimum Gasteiger partial charge on any atom is -0.455 e. The van der Waals surface area contributed by atoms with Gasteiger partial charge >= 0.3 is 0 Å². The predicted octanol–water partition coefficient (Wildman–Crippen LogP) is 14.9. The van der Waals surface area contributed by atoms with Gasteiger partial charge in [-0.05, 0) is 98.3 Å². The van der Waals surface area contributed by atoms with E-state index in [9.17, 15) is 11.0 Å². The van der Waals surface area contributed by atoms with Gasteiger partial charge < -0.3 is 9.32 Å². The molecular weight excluding hydrogens is 655 g/mol. The predicted molar refractivity (Wildman–Crippen MR) is 228 cm³/mol. The first-order valence-electron chi connectivity index (χ1n) is 25.5. The summed E-state index contributed by atoms with van der Waals surface area (Å²) in [5.74, 6) is 0. The Bertz CT molecular complexity index is 3790. The summed E-state index contributed by atoms with van der Waals surface area (Å²) in [6, 6.07) is 19.9. The minimum atomic E-state index is -0.876. The smallest absolute Gasteiger partial charge is 0.143 e. The van der Waals surface area contributed by atoms with E-state index in [1.807, 2.05) is 54.6 Å². The summed E-state index contributed by atoms with van der Waals surface area (Å²) in [5.41, 5.74) is -0.172. The third-order valence-corrected chi connectivity index (χ3v) is 9.18. The van der Waals surface area contributed by atoms with Crippen LogP contribution < -0.4 is 4.90 Å². The molecule has 0 aliphatic carbocycles. The van der Waals surface area contributed by atoms with E-state index in [1.54, 1.807) is 54.6 Å². The van der Waals surface area contributed by atoms with Crippen LogP contribution in [-0.4, -0.2) is 0 Å². The van der Waals surface area contributed by atoms with Crippen LogP contribution in [0.25, 0.3) is 77.2 Å². The molecular formula is C52H35NO. The van der Waals surface area contributed by atoms with Crippen LogP contribution in [-0.2, 0) is 0 Å². The van der Waals surface area contributed by atoms with Crippen molar-refractivity contribution in [2.45, 2.75) is 0 Å². The average molecular weight is 707 g/mol. The molecule has 0 amide bonds. The lowest BCUT2D eigenvalue weighted by Crippen LogP contribution is -2.09. The van der Waals surface area contributed by atoms with Crippen LogP contribution in [0, 0.1) is 0 Å². The van der Waals surface area contributed by atoms with Gasteiger partial charge in [-0.15, -0.1) is 0 Å². The van der Waals surface area contributed by atoms with Gasteiger partial charge in [0.25, 0.3) is 0 Å². The lowest BCUT2D eigenvalue weighted by molar-refractivity contribution is 0.673. The molecule has 1 heterocycles. The van der Waals surface area contributed by atoms with Crippen molar-refractivity contribution in [3.05, 3.63) is 212 Å². The molecule has 0 aliphatic rings. The van der Waals surface area contributed by atoms with Crippen LogP contribution in [0.15, 0.2) is 216 Å². The van der Waals surface area contributed by atoms with E-state index in [0.717, 1.165) is 32.0 Å². The zero-order chi connectivity index (χ0) is 50.6. The summed E-state index contributed by atoms with van der Waals surface area (Å²) < 4.78 is 159. The molecule has 0 atom stereocenters. The number of nitrogens with zero attached hydrogens (tertiary/aromatic N) is 1. The van der Waals surface area contributed by atoms with Crippen molar-refractivity contribution in [3.8, 4) is 44.5 Å². The Morgan fingerprint density at radius 2 is 0.944 bits per heavy atom. The van der Waals surface area contributed by atoms with E-state index in [2.05, 4.69) is 0 Å². The van der Waals surface area contributed by atoms with E-state index in [4.69, 9.17) is 16.8 Å². The molecule has 0 radical (unpaired) electrons. The summed E-state index contributed by atoms with van der Waals surface area (Å²) in [5, 5.41) is 3.65. The molecule has 0 fully saturated rings. The van der Waals surface area contributed by atoms with Gasteiger partial charge in [-0.3, -0.25) is 0 Å². The number of benzene rings is 9. The fourth-order valence-electron chi connectivity index (χ4n) is 6.60. The van der Waals surface area contributed by atoms with Gasteiger partial charge in [0.2, 0.25) is 0 Å². The highest BCUT2D eigenvalue weighted by atomic mass is 16.3.